The maximum Gasteiger partial charge on any atom is 0.262 e. The van der Waals surface area contributed by atoms with Crippen molar-refractivity contribution in [3.8, 4) is 0 Å². The van der Waals surface area contributed by atoms with E-state index in [0.717, 1.165) is 4.48 Å². The van der Waals surface area contributed by atoms with E-state index in [9.17, 15) is 0 Å². The van der Waals surface area contributed by atoms with Gasteiger partial charge < -0.3 is 24.8 Å². The fourth-order valence-electron chi connectivity index (χ4n) is 1.75. The fourth-order valence-corrected chi connectivity index (χ4v) is 1.75. The number of halogens is 2. The van der Waals surface area contributed by atoms with Crippen molar-refractivity contribution in [2.45, 2.75) is 6.42 Å². The molecule has 1 aliphatic carbocycles. The van der Waals surface area contributed by atoms with Crippen molar-refractivity contribution in [3.05, 3.63) is 11.4 Å². The summed E-state index contributed by atoms with van der Waals surface area (Å²) < 4.78 is 3.30. The van der Waals surface area contributed by atoms with E-state index in [4.69, 9.17) is 0 Å². The van der Waals surface area contributed by atoms with Crippen LogP contribution >= 0.6 is 0 Å². The van der Waals surface area contributed by atoms with Gasteiger partial charge in [-0.05, 0) is 0 Å². The second-order valence-corrected chi connectivity index (χ2v) is 3.77. The Hall–Kier alpha value is -0.0500. The van der Waals surface area contributed by atoms with Crippen LogP contribution in [0.15, 0.2) is 11.4 Å². The summed E-state index contributed by atoms with van der Waals surface area (Å²) in [6, 6.07) is 0. The van der Waals surface area contributed by atoms with E-state index >= 15 is 0 Å². The molecule has 1 heterocycles. The Morgan fingerprint density at radius 1 is 1.17 bits per heavy atom. The number of hydrogen-bond donors (Lipinski definition) is 0. The molecule has 0 aromatic carbocycles. The largest absolute Gasteiger partial charge is 1.00 e. The summed E-state index contributed by atoms with van der Waals surface area (Å²) in [5.41, 5.74) is 4.73. The first kappa shape index (κ1) is 11.9. The summed E-state index contributed by atoms with van der Waals surface area (Å²) in [5.74, 6) is 0. The van der Waals surface area contributed by atoms with Gasteiger partial charge in [-0.1, -0.05) is 0 Å². The molecule has 0 saturated carbocycles. The monoisotopic (exact) mass is 208 g/mol. The van der Waals surface area contributed by atoms with Gasteiger partial charge in [0, 0.05) is 0 Å². The van der Waals surface area contributed by atoms with Gasteiger partial charge in [-0.2, -0.15) is 0 Å². The Morgan fingerprint density at radius 2 is 1.67 bits per heavy atom. The van der Waals surface area contributed by atoms with E-state index in [-0.39, 0.29) is 24.8 Å². The number of rotatable bonds is 0. The molecule has 12 heavy (non-hydrogen) atoms. The molecule has 0 radical (unpaired) electrons. The molecule has 0 aromatic rings. The number of allylic oxidation sites excluding steroid dienone is 2. The number of hydrogen-bond acceptors (Lipinski definition) is 0. The van der Waals surface area contributed by atoms with Gasteiger partial charge in [0.1, 0.15) is 20.5 Å². The van der Waals surface area contributed by atoms with Crippen molar-refractivity contribution in [2.75, 3.05) is 28.2 Å². The topological polar surface area (TPSA) is 3.01 Å². The Kier molecular flexibility index (Phi) is 3.01. The van der Waals surface area contributed by atoms with E-state index in [1.54, 1.807) is 11.4 Å². The highest BCUT2D eigenvalue weighted by Crippen LogP contribution is 2.51. The molecule has 0 saturated heterocycles. The van der Waals surface area contributed by atoms with Crippen LogP contribution in [0.25, 0.3) is 0 Å². The van der Waals surface area contributed by atoms with Crippen molar-refractivity contribution in [1.82, 2.24) is 0 Å². The molecule has 0 atom stereocenters. The van der Waals surface area contributed by atoms with Crippen LogP contribution in [0.4, 0.5) is 0 Å². The lowest BCUT2D eigenvalue weighted by Crippen LogP contribution is -3.00. The number of quaternary nitrogens is 1. The average Bonchev–Trinajstić information content (AvgIpc) is 1.92. The lowest BCUT2D eigenvalue weighted by Gasteiger charge is -1.99. The molecule has 70 valence electrons. The molecule has 0 spiro atoms. The van der Waals surface area contributed by atoms with E-state index < -0.39 is 0 Å². The van der Waals surface area contributed by atoms with Crippen LogP contribution in [0.1, 0.15) is 6.42 Å². The van der Waals surface area contributed by atoms with Crippen LogP contribution < -0.4 is 24.8 Å². The van der Waals surface area contributed by atoms with Crippen molar-refractivity contribution >= 4 is 5.71 Å². The van der Waals surface area contributed by atoms with Crippen LogP contribution in [-0.4, -0.2) is 43.0 Å². The Balaban J connectivity index is 0.000000605. The van der Waals surface area contributed by atoms with Gasteiger partial charge in [-0.3, -0.25) is 4.48 Å². The lowest BCUT2D eigenvalue weighted by atomic mass is 10.1. The predicted octanol–water partition coefficient (Wildman–Crippen LogP) is -5.59. The Labute approximate surface area is 86.0 Å². The van der Waals surface area contributed by atoms with Crippen molar-refractivity contribution in [1.29, 1.82) is 0 Å². The average molecular weight is 209 g/mol. The summed E-state index contributed by atoms with van der Waals surface area (Å²) in [6.45, 7) is 0. The molecule has 0 unspecified atom stereocenters. The molecule has 4 heteroatoms. The maximum absolute atomic E-state index is 2.25. The third-order valence-corrected chi connectivity index (χ3v) is 2.61. The molecule has 0 fully saturated rings. The highest BCUT2D eigenvalue weighted by molar-refractivity contribution is 6.06. The molecule has 1 aliphatic heterocycles. The Morgan fingerprint density at radius 3 is 1.75 bits per heavy atom. The van der Waals surface area contributed by atoms with Gasteiger partial charge in [0.2, 0.25) is 0 Å². The van der Waals surface area contributed by atoms with Gasteiger partial charge in [0.05, 0.1) is 14.1 Å². The molecule has 0 N–H and O–H groups in total. The molecule has 0 amide bonds. The number of nitrogens with zero attached hydrogens (tertiary/aromatic N) is 2. The van der Waals surface area contributed by atoms with Crippen molar-refractivity contribution < 1.29 is 33.9 Å². The lowest BCUT2D eigenvalue weighted by molar-refractivity contribution is -0.734. The predicted molar refractivity (Wildman–Crippen MR) is 40.9 cm³/mol. The highest BCUT2D eigenvalue weighted by atomic mass is 35.5. The summed E-state index contributed by atoms with van der Waals surface area (Å²) in [5, 5.41) is 0. The minimum absolute atomic E-state index is 0. The SMILES string of the molecule is C[N+](C)=C1CC2=C1[N+]2(C)C.[Cl-].[Cl-]. The zero-order valence-electron chi connectivity index (χ0n) is 7.86. The Bertz CT molecular complexity index is 273. The van der Waals surface area contributed by atoms with Crippen LogP contribution in [0.5, 0.6) is 0 Å². The van der Waals surface area contributed by atoms with Crippen LogP contribution in [0.2, 0.25) is 0 Å². The molecule has 0 bridgehead atoms. The van der Waals surface area contributed by atoms with Gasteiger partial charge in [-0.25, -0.2) is 4.58 Å². The van der Waals surface area contributed by atoms with Gasteiger partial charge in [-0.15, -0.1) is 0 Å². The van der Waals surface area contributed by atoms with Gasteiger partial charge in [0.25, 0.3) is 11.4 Å². The zero-order chi connectivity index (χ0) is 7.52. The third kappa shape index (κ3) is 1.18. The molecule has 2 rings (SSSR count). The second-order valence-electron chi connectivity index (χ2n) is 3.77. The molecular formula is C8H14Cl2N2. The summed E-state index contributed by atoms with van der Waals surface area (Å²) in [4.78, 5) is 0. The standard InChI is InChI=1S/C8H14N2.2ClH/c1-9(2)6-5-7-8(6)10(7,3)4;;/h5H2,1-4H3;2*1H/q+2;;/p-2. The van der Waals surface area contributed by atoms with E-state index in [0.29, 0.717) is 0 Å². The summed E-state index contributed by atoms with van der Waals surface area (Å²) >= 11 is 0. The highest BCUT2D eigenvalue weighted by Gasteiger charge is 2.64. The molecule has 2 aliphatic rings. The van der Waals surface area contributed by atoms with Crippen LogP contribution in [0, 0.1) is 0 Å². The zero-order valence-corrected chi connectivity index (χ0v) is 9.37. The van der Waals surface area contributed by atoms with Crippen LogP contribution in [0.3, 0.4) is 0 Å². The smallest absolute Gasteiger partial charge is 0.262 e. The van der Waals surface area contributed by atoms with Crippen LogP contribution in [-0.2, 0) is 0 Å². The molecular weight excluding hydrogens is 195 g/mol. The molecule has 2 nitrogen and oxygen atoms in total. The van der Waals surface area contributed by atoms with Gasteiger partial charge in [0.15, 0.2) is 5.70 Å². The maximum atomic E-state index is 2.25. The number of likely N-dealkylation sites (tertiary alicyclic amines) is 1. The van der Waals surface area contributed by atoms with E-state index in [2.05, 4.69) is 32.8 Å². The first-order valence-electron chi connectivity index (χ1n) is 3.67. The summed E-state index contributed by atoms with van der Waals surface area (Å²) in [7, 11) is 8.75. The van der Waals surface area contributed by atoms with Crippen molar-refractivity contribution in [2.24, 2.45) is 0 Å². The summed E-state index contributed by atoms with van der Waals surface area (Å²) in [6.07, 6.45) is 1.22. The first-order valence-corrected chi connectivity index (χ1v) is 3.67. The normalized spacial score (nSPS) is 21.5. The third-order valence-electron chi connectivity index (χ3n) is 2.61. The minimum atomic E-state index is 0. The quantitative estimate of drug-likeness (QED) is 0.276. The minimum Gasteiger partial charge on any atom is -1.00 e. The van der Waals surface area contributed by atoms with Gasteiger partial charge >= 0.3 is 0 Å². The van der Waals surface area contributed by atoms with Crippen molar-refractivity contribution in [3.63, 3.8) is 0 Å². The van der Waals surface area contributed by atoms with E-state index in [1.165, 1.54) is 12.1 Å². The molecule has 0 aromatic heterocycles. The fraction of sp³-hybridized carbons (Fsp3) is 0.625. The van der Waals surface area contributed by atoms with E-state index in [1.807, 2.05) is 0 Å². The first-order chi connectivity index (χ1) is 4.55. The second kappa shape index (κ2) is 3.02.